The Morgan fingerprint density at radius 2 is 1.52 bits per heavy atom. The first-order valence-electron chi connectivity index (χ1n) is 8.38. The molecule has 0 nitrogen and oxygen atoms in total. The van der Waals surface area contributed by atoms with E-state index in [1.807, 2.05) is 0 Å². The molecular formula is C21H24F2. The van der Waals surface area contributed by atoms with Crippen LogP contribution in [0.15, 0.2) is 48.5 Å². The number of hydrogen-bond acceptors (Lipinski definition) is 0. The third-order valence-electron chi connectivity index (χ3n) is 3.95. The van der Waals surface area contributed by atoms with E-state index in [1.165, 1.54) is 42.5 Å². The molecule has 0 aliphatic rings. The van der Waals surface area contributed by atoms with Crippen molar-refractivity contribution in [3.8, 4) is 0 Å². The summed E-state index contributed by atoms with van der Waals surface area (Å²) >= 11 is 0. The first-order valence-corrected chi connectivity index (χ1v) is 8.38. The summed E-state index contributed by atoms with van der Waals surface area (Å²) in [5, 5.41) is 0. The lowest BCUT2D eigenvalue weighted by Crippen LogP contribution is -1.93. The Morgan fingerprint density at radius 1 is 0.826 bits per heavy atom. The van der Waals surface area contributed by atoms with E-state index in [2.05, 4.69) is 43.3 Å². The molecule has 2 rings (SSSR count). The van der Waals surface area contributed by atoms with Crippen molar-refractivity contribution in [3.05, 3.63) is 76.9 Å². The van der Waals surface area contributed by atoms with E-state index in [0.29, 0.717) is 6.42 Å². The maximum absolute atomic E-state index is 13.2. The number of rotatable bonds is 8. The second-order valence-electron chi connectivity index (χ2n) is 5.89. The fraction of sp³-hybridized carbons (Fsp3) is 0.333. The monoisotopic (exact) mass is 314 g/mol. The molecule has 23 heavy (non-hydrogen) atoms. The zero-order valence-electron chi connectivity index (χ0n) is 13.7. The molecule has 2 aromatic carbocycles. The van der Waals surface area contributed by atoms with Gasteiger partial charge in [-0.05, 0) is 54.5 Å². The molecule has 0 N–H and O–H groups in total. The largest absolute Gasteiger partial charge is 0.204 e. The summed E-state index contributed by atoms with van der Waals surface area (Å²) in [6.45, 7) is 2.21. The molecule has 0 spiro atoms. The van der Waals surface area contributed by atoms with Gasteiger partial charge >= 0.3 is 0 Å². The molecule has 2 heteroatoms. The van der Waals surface area contributed by atoms with Gasteiger partial charge in [-0.2, -0.15) is 0 Å². The average Bonchev–Trinajstić information content (AvgIpc) is 2.57. The van der Waals surface area contributed by atoms with E-state index in [-0.39, 0.29) is 0 Å². The molecule has 122 valence electrons. The molecule has 0 saturated carbocycles. The van der Waals surface area contributed by atoms with Crippen molar-refractivity contribution in [2.45, 2.75) is 45.4 Å². The minimum absolute atomic E-state index is 0.712. The van der Waals surface area contributed by atoms with Crippen molar-refractivity contribution >= 4 is 6.08 Å². The molecular weight excluding hydrogens is 290 g/mol. The molecule has 0 unspecified atom stereocenters. The number of allylic oxidation sites excluding steroid dienone is 1. The van der Waals surface area contributed by atoms with Crippen LogP contribution in [0.2, 0.25) is 0 Å². The fourth-order valence-corrected chi connectivity index (χ4v) is 2.51. The first kappa shape index (κ1) is 17.4. The van der Waals surface area contributed by atoms with Gasteiger partial charge in [-0.25, -0.2) is 8.78 Å². The predicted molar refractivity (Wildman–Crippen MR) is 93.4 cm³/mol. The quantitative estimate of drug-likeness (QED) is 0.498. The number of hydrogen-bond donors (Lipinski definition) is 0. The zero-order valence-corrected chi connectivity index (χ0v) is 13.7. The van der Waals surface area contributed by atoms with E-state index in [0.717, 1.165) is 18.4 Å². The van der Waals surface area contributed by atoms with Crippen molar-refractivity contribution in [1.82, 2.24) is 0 Å². The van der Waals surface area contributed by atoms with Gasteiger partial charge in [0.05, 0.1) is 0 Å². The Morgan fingerprint density at radius 3 is 2.22 bits per heavy atom. The van der Waals surface area contributed by atoms with Gasteiger partial charge in [-0.15, -0.1) is 0 Å². The highest BCUT2D eigenvalue weighted by Gasteiger charge is 2.03. The Kier molecular flexibility index (Phi) is 6.99. The van der Waals surface area contributed by atoms with E-state index < -0.39 is 11.6 Å². The van der Waals surface area contributed by atoms with Crippen molar-refractivity contribution in [3.63, 3.8) is 0 Å². The first-order chi connectivity index (χ1) is 11.2. The van der Waals surface area contributed by atoms with Crippen LogP contribution >= 0.6 is 0 Å². The van der Waals surface area contributed by atoms with Crippen LogP contribution in [-0.2, 0) is 12.8 Å². The van der Waals surface area contributed by atoms with Crippen LogP contribution in [0.1, 0.15) is 49.3 Å². The van der Waals surface area contributed by atoms with Gasteiger partial charge in [0.1, 0.15) is 0 Å². The fourth-order valence-electron chi connectivity index (χ4n) is 2.51. The summed E-state index contributed by atoms with van der Waals surface area (Å²) in [4.78, 5) is 0. The van der Waals surface area contributed by atoms with Gasteiger partial charge in [0.15, 0.2) is 11.6 Å². The SMILES string of the molecule is CCCCC/C=C/c1ccc(CCc2ccc(F)c(F)c2)cc1. The number of halogens is 2. The molecule has 0 fully saturated rings. The van der Waals surface area contributed by atoms with Crippen molar-refractivity contribution in [1.29, 1.82) is 0 Å². The normalized spacial score (nSPS) is 11.3. The summed E-state index contributed by atoms with van der Waals surface area (Å²) in [6, 6.07) is 12.5. The van der Waals surface area contributed by atoms with E-state index >= 15 is 0 Å². The standard InChI is InChI=1S/C21H24F2/c1-2-3-4-5-6-7-17-8-10-18(11-9-17)12-13-19-14-15-20(22)21(23)16-19/h6-11,14-16H,2-5,12-13H2,1H3/b7-6+. The summed E-state index contributed by atoms with van der Waals surface area (Å²) < 4.78 is 26.1. The van der Waals surface area contributed by atoms with Crippen LogP contribution in [0, 0.1) is 11.6 Å². The molecule has 0 aromatic heterocycles. The average molecular weight is 314 g/mol. The molecule has 0 bridgehead atoms. The third-order valence-corrected chi connectivity index (χ3v) is 3.95. The van der Waals surface area contributed by atoms with Gasteiger partial charge in [-0.3, -0.25) is 0 Å². The van der Waals surface area contributed by atoms with E-state index in [4.69, 9.17) is 0 Å². The molecule has 0 radical (unpaired) electrons. The summed E-state index contributed by atoms with van der Waals surface area (Å²) in [7, 11) is 0. The van der Waals surface area contributed by atoms with E-state index in [9.17, 15) is 8.78 Å². The van der Waals surface area contributed by atoms with Crippen LogP contribution in [0.3, 0.4) is 0 Å². The number of aryl methyl sites for hydroxylation is 2. The molecule has 0 atom stereocenters. The zero-order chi connectivity index (χ0) is 16.5. The maximum atomic E-state index is 13.2. The van der Waals surface area contributed by atoms with Crippen LogP contribution in [0.25, 0.3) is 6.08 Å². The van der Waals surface area contributed by atoms with E-state index in [1.54, 1.807) is 6.07 Å². The van der Waals surface area contributed by atoms with Gasteiger partial charge in [-0.1, -0.05) is 62.2 Å². The predicted octanol–water partition coefficient (Wildman–Crippen LogP) is 6.34. The van der Waals surface area contributed by atoms with Crippen LogP contribution < -0.4 is 0 Å². The van der Waals surface area contributed by atoms with Crippen molar-refractivity contribution in [2.75, 3.05) is 0 Å². The Labute approximate surface area is 137 Å². The Hall–Kier alpha value is -1.96. The molecule has 0 saturated heterocycles. The summed E-state index contributed by atoms with van der Waals surface area (Å²) in [5.41, 5.74) is 3.24. The molecule has 0 heterocycles. The lowest BCUT2D eigenvalue weighted by atomic mass is 10.0. The summed E-state index contributed by atoms with van der Waals surface area (Å²) in [5.74, 6) is -1.56. The lowest BCUT2D eigenvalue weighted by molar-refractivity contribution is 0.507. The summed E-state index contributed by atoms with van der Waals surface area (Å²) in [6.07, 6.45) is 10.8. The smallest absolute Gasteiger partial charge is 0.159 e. The van der Waals surface area contributed by atoms with Gasteiger partial charge in [0.2, 0.25) is 0 Å². The highest BCUT2D eigenvalue weighted by molar-refractivity contribution is 5.49. The molecule has 0 aliphatic heterocycles. The topological polar surface area (TPSA) is 0 Å². The third kappa shape index (κ3) is 5.97. The van der Waals surface area contributed by atoms with Crippen molar-refractivity contribution < 1.29 is 8.78 Å². The lowest BCUT2D eigenvalue weighted by Gasteiger charge is -2.04. The molecule has 0 amide bonds. The van der Waals surface area contributed by atoms with Gasteiger partial charge in [0.25, 0.3) is 0 Å². The highest BCUT2D eigenvalue weighted by Crippen LogP contribution is 2.13. The second-order valence-corrected chi connectivity index (χ2v) is 5.89. The number of benzene rings is 2. The van der Waals surface area contributed by atoms with Crippen LogP contribution in [0.5, 0.6) is 0 Å². The maximum Gasteiger partial charge on any atom is 0.159 e. The number of unbranched alkanes of at least 4 members (excludes halogenated alkanes) is 3. The minimum Gasteiger partial charge on any atom is -0.204 e. The van der Waals surface area contributed by atoms with Gasteiger partial charge < -0.3 is 0 Å². The highest BCUT2D eigenvalue weighted by atomic mass is 19.2. The van der Waals surface area contributed by atoms with Crippen LogP contribution in [0.4, 0.5) is 8.78 Å². The Balaban J connectivity index is 1.83. The molecule has 2 aromatic rings. The molecule has 0 aliphatic carbocycles. The van der Waals surface area contributed by atoms with Crippen LogP contribution in [-0.4, -0.2) is 0 Å². The van der Waals surface area contributed by atoms with Gasteiger partial charge in [0, 0.05) is 0 Å². The van der Waals surface area contributed by atoms with Crippen molar-refractivity contribution in [2.24, 2.45) is 0 Å². The second kappa shape index (κ2) is 9.24. The minimum atomic E-state index is -0.788. The Bertz CT molecular complexity index is 627.